The van der Waals surface area contributed by atoms with Gasteiger partial charge in [-0.2, -0.15) is 0 Å². The van der Waals surface area contributed by atoms with Crippen molar-refractivity contribution in [2.75, 3.05) is 5.32 Å². The van der Waals surface area contributed by atoms with E-state index in [0.717, 1.165) is 21.3 Å². The van der Waals surface area contributed by atoms with Crippen LogP contribution in [0.4, 0.5) is 5.69 Å². The Labute approximate surface area is 150 Å². The second-order valence-electron chi connectivity index (χ2n) is 5.31. The van der Waals surface area contributed by atoms with Crippen LogP contribution in [0.5, 0.6) is 0 Å². The summed E-state index contributed by atoms with van der Waals surface area (Å²) in [5, 5.41) is 7.71. The van der Waals surface area contributed by atoms with Gasteiger partial charge in [0.15, 0.2) is 5.11 Å². The van der Waals surface area contributed by atoms with Gasteiger partial charge in [-0.1, -0.05) is 45.7 Å². The van der Waals surface area contributed by atoms with Crippen LogP contribution in [0.25, 0.3) is 0 Å². The number of aryl methyl sites for hydroxylation is 2. The molecule has 2 aromatic carbocycles. The van der Waals surface area contributed by atoms with Gasteiger partial charge in [-0.3, -0.25) is 0 Å². The maximum atomic E-state index is 6.29. The van der Waals surface area contributed by atoms with E-state index in [9.17, 15) is 0 Å². The zero-order valence-corrected chi connectivity index (χ0v) is 15.9. The van der Waals surface area contributed by atoms with E-state index in [1.807, 2.05) is 32.0 Å². The fourth-order valence-corrected chi connectivity index (χ4v) is 3.17. The highest BCUT2D eigenvalue weighted by Gasteiger charge is 2.10. The van der Waals surface area contributed by atoms with Crippen molar-refractivity contribution in [2.24, 2.45) is 0 Å². The maximum absolute atomic E-state index is 6.29. The molecule has 0 aliphatic heterocycles. The third-order valence-electron chi connectivity index (χ3n) is 3.39. The van der Waals surface area contributed by atoms with Crippen LogP contribution in [0.1, 0.15) is 29.7 Å². The van der Waals surface area contributed by atoms with Gasteiger partial charge in [0, 0.05) is 4.47 Å². The molecule has 0 saturated carbocycles. The first-order valence-electron chi connectivity index (χ1n) is 6.96. The third-order valence-corrected chi connectivity index (χ3v) is 4.43. The smallest absolute Gasteiger partial charge is 0.171 e. The Morgan fingerprint density at radius 3 is 2.41 bits per heavy atom. The van der Waals surface area contributed by atoms with Crippen LogP contribution in [0.3, 0.4) is 0 Å². The zero-order valence-electron chi connectivity index (χ0n) is 12.7. The molecule has 0 aromatic heterocycles. The second kappa shape index (κ2) is 7.44. The number of anilines is 1. The van der Waals surface area contributed by atoms with Gasteiger partial charge in [0.05, 0.1) is 16.8 Å². The van der Waals surface area contributed by atoms with Crippen LogP contribution in [-0.4, -0.2) is 5.11 Å². The van der Waals surface area contributed by atoms with Crippen molar-refractivity contribution in [1.82, 2.24) is 5.32 Å². The van der Waals surface area contributed by atoms with E-state index < -0.39 is 0 Å². The predicted molar refractivity (Wildman–Crippen MR) is 103 cm³/mol. The fourth-order valence-electron chi connectivity index (χ4n) is 2.26. The third kappa shape index (κ3) is 4.45. The fraction of sp³-hybridized carbons (Fsp3) is 0.235. The number of benzene rings is 2. The summed E-state index contributed by atoms with van der Waals surface area (Å²) in [6.07, 6.45) is 0. The van der Waals surface area contributed by atoms with Gasteiger partial charge in [0.25, 0.3) is 0 Å². The molecule has 0 fully saturated rings. The van der Waals surface area contributed by atoms with E-state index >= 15 is 0 Å². The van der Waals surface area contributed by atoms with Gasteiger partial charge in [-0.25, -0.2) is 0 Å². The Morgan fingerprint density at radius 2 is 1.82 bits per heavy atom. The number of nitrogens with one attached hydrogen (secondary N) is 2. The molecule has 2 aromatic rings. The normalized spacial score (nSPS) is 11.9. The lowest BCUT2D eigenvalue weighted by Gasteiger charge is -2.19. The Balaban J connectivity index is 2.05. The van der Waals surface area contributed by atoms with Crippen LogP contribution in [0, 0.1) is 13.8 Å². The summed E-state index contributed by atoms with van der Waals surface area (Å²) in [6, 6.07) is 12.3. The van der Waals surface area contributed by atoms with Crippen LogP contribution in [-0.2, 0) is 0 Å². The summed E-state index contributed by atoms with van der Waals surface area (Å²) in [4.78, 5) is 0. The van der Waals surface area contributed by atoms with Crippen molar-refractivity contribution in [3.63, 3.8) is 0 Å². The van der Waals surface area contributed by atoms with E-state index in [4.69, 9.17) is 23.8 Å². The summed E-state index contributed by atoms with van der Waals surface area (Å²) in [7, 11) is 0. The maximum Gasteiger partial charge on any atom is 0.171 e. The molecule has 0 spiro atoms. The SMILES string of the molecule is Cc1cc(C)c(NC(=S)N[C@H](C)c2ccc(Br)cc2)c(Cl)c1. The molecule has 0 amide bonds. The van der Waals surface area contributed by atoms with Crippen LogP contribution < -0.4 is 10.6 Å². The predicted octanol–water partition coefficient (Wildman–Crippen LogP) is 5.77. The monoisotopic (exact) mass is 396 g/mol. The van der Waals surface area contributed by atoms with Gasteiger partial charge in [0.2, 0.25) is 0 Å². The van der Waals surface area contributed by atoms with E-state index in [1.165, 1.54) is 5.56 Å². The van der Waals surface area contributed by atoms with Crippen molar-refractivity contribution >= 4 is 50.5 Å². The van der Waals surface area contributed by atoms with Crippen LogP contribution in [0.15, 0.2) is 40.9 Å². The van der Waals surface area contributed by atoms with Crippen LogP contribution >= 0.6 is 39.7 Å². The van der Waals surface area contributed by atoms with Crippen molar-refractivity contribution < 1.29 is 0 Å². The minimum Gasteiger partial charge on any atom is -0.356 e. The summed E-state index contributed by atoms with van der Waals surface area (Å²) >= 11 is 15.1. The van der Waals surface area contributed by atoms with Crippen LogP contribution in [0.2, 0.25) is 5.02 Å². The first-order chi connectivity index (χ1) is 10.4. The Kier molecular flexibility index (Phi) is 5.84. The topological polar surface area (TPSA) is 24.1 Å². The lowest BCUT2D eigenvalue weighted by atomic mass is 10.1. The molecule has 0 bridgehead atoms. The molecule has 0 aliphatic carbocycles. The quantitative estimate of drug-likeness (QED) is 0.643. The standard InChI is InChI=1S/C17H18BrClN2S/c1-10-8-11(2)16(15(19)9-10)21-17(22)20-12(3)13-4-6-14(18)7-5-13/h4-9,12H,1-3H3,(H2,20,21,22)/t12-/m1/s1. The molecule has 1 atom stereocenters. The first kappa shape index (κ1) is 17.3. The number of hydrogen-bond acceptors (Lipinski definition) is 1. The lowest BCUT2D eigenvalue weighted by molar-refractivity contribution is 0.722. The molecule has 5 heteroatoms. The Hall–Kier alpha value is -1.10. The summed E-state index contributed by atoms with van der Waals surface area (Å²) in [5.74, 6) is 0. The van der Waals surface area contributed by atoms with Gasteiger partial charge in [-0.05, 0) is 67.9 Å². The molecule has 0 unspecified atom stereocenters. The minimum absolute atomic E-state index is 0.109. The molecule has 0 heterocycles. The van der Waals surface area contributed by atoms with Crippen molar-refractivity contribution in [3.05, 3.63) is 62.6 Å². The second-order valence-corrected chi connectivity index (χ2v) is 7.04. The Bertz CT molecular complexity index is 663. The number of rotatable bonds is 3. The molecule has 2 nitrogen and oxygen atoms in total. The molecular formula is C17H18BrClN2S. The highest BCUT2D eigenvalue weighted by Crippen LogP contribution is 2.27. The number of halogens is 2. The number of thiocarbonyl (C=S) groups is 1. The molecule has 2 N–H and O–H groups in total. The van der Waals surface area contributed by atoms with E-state index in [2.05, 4.69) is 51.7 Å². The molecule has 0 aliphatic rings. The first-order valence-corrected chi connectivity index (χ1v) is 8.54. The van der Waals surface area contributed by atoms with Gasteiger partial charge in [-0.15, -0.1) is 0 Å². The molecule has 0 radical (unpaired) electrons. The van der Waals surface area contributed by atoms with E-state index in [-0.39, 0.29) is 6.04 Å². The van der Waals surface area contributed by atoms with Crippen molar-refractivity contribution in [3.8, 4) is 0 Å². The lowest BCUT2D eigenvalue weighted by Crippen LogP contribution is -2.31. The average molecular weight is 398 g/mol. The summed E-state index contributed by atoms with van der Waals surface area (Å²) in [6.45, 7) is 6.11. The molecule has 2 rings (SSSR count). The molecule has 22 heavy (non-hydrogen) atoms. The highest BCUT2D eigenvalue weighted by molar-refractivity contribution is 9.10. The number of hydrogen-bond donors (Lipinski definition) is 2. The van der Waals surface area contributed by atoms with Gasteiger partial charge >= 0.3 is 0 Å². The van der Waals surface area contributed by atoms with E-state index in [0.29, 0.717) is 10.1 Å². The van der Waals surface area contributed by atoms with Crippen molar-refractivity contribution in [2.45, 2.75) is 26.8 Å². The zero-order chi connectivity index (χ0) is 16.3. The largest absolute Gasteiger partial charge is 0.356 e. The van der Waals surface area contributed by atoms with Crippen molar-refractivity contribution in [1.29, 1.82) is 0 Å². The summed E-state index contributed by atoms with van der Waals surface area (Å²) in [5.41, 5.74) is 4.23. The average Bonchev–Trinajstić information content (AvgIpc) is 2.43. The summed E-state index contributed by atoms with van der Waals surface area (Å²) < 4.78 is 1.06. The van der Waals surface area contributed by atoms with Gasteiger partial charge < -0.3 is 10.6 Å². The molecular weight excluding hydrogens is 380 g/mol. The Morgan fingerprint density at radius 1 is 1.18 bits per heavy atom. The van der Waals surface area contributed by atoms with Gasteiger partial charge in [0.1, 0.15) is 0 Å². The molecule has 0 saturated heterocycles. The molecule has 116 valence electrons. The minimum atomic E-state index is 0.109. The highest BCUT2D eigenvalue weighted by atomic mass is 79.9. The van der Waals surface area contributed by atoms with E-state index in [1.54, 1.807) is 0 Å².